The molecule has 0 aliphatic carbocycles. The van der Waals surface area contributed by atoms with E-state index in [1.807, 2.05) is 0 Å². The lowest BCUT2D eigenvalue weighted by Crippen LogP contribution is -2.27. The number of ether oxygens (including phenoxy) is 2. The quantitative estimate of drug-likeness (QED) is 0.101. The summed E-state index contributed by atoms with van der Waals surface area (Å²) in [6, 6.07) is 20.3. The van der Waals surface area contributed by atoms with E-state index in [0.29, 0.717) is 37.4 Å². The van der Waals surface area contributed by atoms with E-state index in [2.05, 4.69) is 130 Å². The minimum absolute atomic E-state index is 0.0133. The minimum atomic E-state index is -0.180. The van der Waals surface area contributed by atoms with E-state index in [4.69, 9.17) is 9.47 Å². The highest BCUT2D eigenvalue weighted by Crippen LogP contribution is 2.40. The second kappa shape index (κ2) is 19.7. The third kappa shape index (κ3) is 12.1. The number of nitrogens with one attached hydrogen (secondary N) is 2. The van der Waals surface area contributed by atoms with Gasteiger partial charge < -0.3 is 20.1 Å². The van der Waals surface area contributed by atoms with Gasteiger partial charge in [-0.3, -0.25) is 9.59 Å². The summed E-state index contributed by atoms with van der Waals surface area (Å²) in [5.41, 5.74) is 6.43. The van der Waals surface area contributed by atoms with Gasteiger partial charge in [0.1, 0.15) is 11.5 Å². The second-order valence-electron chi connectivity index (χ2n) is 17.6. The molecule has 3 rings (SSSR count). The van der Waals surface area contributed by atoms with Crippen LogP contribution in [0.25, 0.3) is 0 Å². The van der Waals surface area contributed by atoms with Gasteiger partial charge in [0.05, 0.1) is 13.2 Å². The fourth-order valence-corrected chi connectivity index (χ4v) is 6.23. The van der Waals surface area contributed by atoms with Crippen molar-refractivity contribution in [2.75, 3.05) is 26.3 Å². The Balaban J connectivity index is 1.43. The Morgan fingerprint density at radius 2 is 0.870 bits per heavy atom. The SMILES string of the molecule is CCC(C)(C)c1ccc(OCCCCNC(=O)c2cccc(C(=O)NCCCCOc3ccc(C(C)(C)CC)cc3C(C)(C)CC)c2)c(C(C)(C)CC)c1. The van der Waals surface area contributed by atoms with Gasteiger partial charge in [-0.25, -0.2) is 0 Å². The summed E-state index contributed by atoms with van der Waals surface area (Å²) in [4.78, 5) is 25.9. The summed E-state index contributed by atoms with van der Waals surface area (Å²) in [7, 11) is 0. The molecule has 0 aromatic heterocycles. The molecule has 0 unspecified atom stereocenters. The molecule has 3 aromatic rings. The summed E-state index contributed by atoms with van der Waals surface area (Å²) in [6.07, 6.45) is 7.44. The first-order valence-corrected chi connectivity index (χ1v) is 20.6. The van der Waals surface area contributed by atoms with Crippen LogP contribution in [-0.2, 0) is 21.7 Å². The lowest BCUT2D eigenvalue weighted by Gasteiger charge is -2.30. The standard InChI is InChI=1S/C48H72N2O4/c1-13-45(5,6)37-24-26-41(39(33-37)47(9,10)15-3)53-30-19-17-28-49-43(51)35-22-21-23-36(32-35)44(52)50-29-18-20-31-54-42-27-25-38(46(7,8)14-2)34-40(42)48(11,12)16-4/h21-27,32-34H,13-20,28-31H2,1-12H3,(H,49,51)(H,50,52). The largest absolute Gasteiger partial charge is 0.493 e. The van der Waals surface area contributed by atoms with Crippen molar-refractivity contribution < 1.29 is 19.1 Å². The van der Waals surface area contributed by atoms with Crippen LogP contribution in [0.4, 0.5) is 0 Å². The molecular formula is C48H72N2O4. The third-order valence-corrected chi connectivity index (χ3v) is 12.1. The second-order valence-corrected chi connectivity index (χ2v) is 17.6. The molecule has 0 saturated heterocycles. The van der Waals surface area contributed by atoms with Crippen molar-refractivity contribution in [1.29, 1.82) is 0 Å². The fraction of sp³-hybridized carbons (Fsp3) is 0.583. The van der Waals surface area contributed by atoms with Crippen LogP contribution in [0.2, 0.25) is 0 Å². The summed E-state index contributed by atoms with van der Waals surface area (Å²) in [6.45, 7) is 29.5. The predicted octanol–water partition coefficient (Wildman–Crippen LogP) is 11.6. The lowest BCUT2D eigenvalue weighted by molar-refractivity contribution is 0.0951. The molecule has 54 heavy (non-hydrogen) atoms. The Morgan fingerprint density at radius 3 is 1.22 bits per heavy atom. The Bertz CT molecular complexity index is 1550. The molecule has 0 spiro atoms. The smallest absolute Gasteiger partial charge is 0.251 e. The van der Waals surface area contributed by atoms with Crippen LogP contribution < -0.4 is 20.1 Å². The van der Waals surface area contributed by atoms with Crippen molar-refractivity contribution >= 4 is 11.8 Å². The van der Waals surface area contributed by atoms with Crippen molar-refractivity contribution in [3.05, 3.63) is 94.0 Å². The average molecular weight is 741 g/mol. The molecule has 3 aromatic carbocycles. The fourth-order valence-electron chi connectivity index (χ4n) is 6.23. The number of carbonyl (C=O) groups is 2. The van der Waals surface area contributed by atoms with Gasteiger partial charge in [-0.15, -0.1) is 0 Å². The number of unbranched alkanes of at least 4 members (excludes halogenated alkanes) is 2. The molecule has 0 heterocycles. The highest BCUT2D eigenvalue weighted by atomic mass is 16.5. The molecule has 0 bridgehead atoms. The van der Waals surface area contributed by atoms with Gasteiger partial charge >= 0.3 is 0 Å². The maximum Gasteiger partial charge on any atom is 0.251 e. The van der Waals surface area contributed by atoms with Crippen LogP contribution in [-0.4, -0.2) is 38.1 Å². The predicted molar refractivity (Wildman–Crippen MR) is 227 cm³/mol. The van der Waals surface area contributed by atoms with E-state index in [-0.39, 0.29) is 33.5 Å². The van der Waals surface area contributed by atoms with Gasteiger partial charge in [0.15, 0.2) is 0 Å². The Labute approximate surface area is 328 Å². The van der Waals surface area contributed by atoms with Gasteiger partial charge in [-0.1, -0.05) is 113 Å². The summed E-state index contributed by atoms with van der Waals surface area (Å²) in [5.74, 6) is 1.54. The molecule has 0 aliphatic heterocycles. The highest BCUT2D eigenvalue weighted by molar-refractivity contribution is 5.99. The van der Waals surface area contributed by atoms with E-state index in [0.717, 1.165) is 62.9 Å². The monoisotopic (exact) mass is 741 g/mol. The van der Waals surface area contributed by atoms with Crippen LogP contribution in [0.5, 0.6) is 11.5 Å². The molecule has 0 fully saturated rings. The first kappa shape index (κ1) is 44.6. The normalized spacial score (nSPS) is 12.4. The zero-order chi connectivity index (χ0) is 40.2. The Kier molecular flexibility index (Phi) is 16.3. The Morgan fingerprint density at radius 1 is 0.500 bits per heavy atom. The van der Waals surface area contributed by atoms with E-state index in [1.165, 1.54) is 22.3 Å². The van der Waals surface area contributed by atoms with Crippen molar-refractivity contribution in [3.63, 3.8) is 0 Å². The molecule has 298 valence electrons. The molecule has 6 heteroatoms. The molecular weight excluding hydrogens is 669 g/mol. The van der Waals surface area contributed by atoms with Crippen molar-refractivity contribution in [1.82, 2.24) is 10.6 Å². The summed E-state index contributed by atoms with van der Waals surface area (Å²) < 4.78 is 12.6. The van der Waals surface area contributed by atoms with E-state index >= 15 is 0 Å². The van der Waals surface area contributed by atoms with Gasteiger partial charge in [-0.05, 0) is 114 Å². The first-order chi connectivity index (χ1) is 25.4. The molecule has 2 N–H and O–H groups in total. The number of amides is 2. The molecule has 0 radical (unpaired) electrons. The molecule has 2 amide bonds. The van der Waals surface area contributed by atoms with Crippen molar-refractivity contribution in [3.8, 4) is 11.5 Å². The van der Waals surface area contributed by atoms with Crippen molar-refractivity contribution in [2.45, 2.75) is 156 Å². The third-order valence-electron chi connectivity index (χ3n) is 12.1. The number of rotatable bonds is 22. The van der Waals surface area contributed by atoms with Crippen LogP contribution in [0.3, 0.4) is 0 Å². The molecule has 0 atom stereocenters. The van der Waals surface area contributed by atoms with Crippen LogP contribution in [0.15, 0.2) is 60.7 Å². The van der Waals surface area contributed by atoms with Gasteiger partial charge in [-0.2, -0.15) is 0 Å². The van der Waals surface area contributed by atoms with E-state index in [1.54, 1.807) is 24.3 Å². The van der Waals surface area contributed by atoms with Crippen LogP contribution >= 0.6 is 0 Å². The average Bonchev–Trinajstić information content (AvgIpc) is 3.17. The lowest BCUT2D eigenvalue weighted by atomic mass is 9.76. The zero-order valence-electron chi connectivity index (χ0n) is 35.9. The van der Waals surface area contributed by atoms with Gasteiger partial charge in [0.25, 0.3) is 11.8 Å². The number of carbonyl (C=O) groups excluding carboxylic acids is 2. The van der Waals surface area contributed by atoms with Crippen LogP contribution in [0.1, 0.15) is 177 Å². The molecule has 6 nitrogen and oxygen atoms in total. The molecule has 0 saturated carbocycles. The van der Waals surface area contributed by atoms with Gasteiger partial charge in [0, 0.05) is 35.3 Å². The number of benzene rings is 3. The number of hydrogen-bond donors (Lipinski definition) is 2. The Hall–Kier alpha value is -3.80. The molecule has 0 aliphatic rings. The highest BCUT2D eigenvalue weighted by Gasteiger charge is 2.28. The first-order valence-electron chi connectivity index (χ1n) is 20.6. The maximum atomic E-state index is 12.9. The topological polar surface area (TPSA) is 76.7 Å². The summed E-state index contributed by atoms with van der Waals surface area (Å²) in [5, 5.41) is 6.02. The van der Waals surface area contributed by atoms with E-state index in [9.17, 15) is 9.59 Å². The van der Waals surface area contributed by atoms with E-state index < -0.39 is 0 Å². The zero-order valence-corrected chi connectivity index (χ0v) is 35.9. The minimum Gasteiger partial charge on any atom is -0.493 e. The van der Waals surface area contributed by atoms with Crippen LogP contribution in [0, 0.1) is 0 Å². The summed E-state index contributed by atoms with van der Waals surface area (Å²) >= 11 is 0. The maximum absolute atomic E-state index is 12.9. The van der Waals surface area contributed by atoms with Crippen molar-refractivity contribution in [2.24, 2.45) is 0 Å². The van der Waals surface area contributed by atoms with Gasteiger partial charge in [0.2, 0.25) is 0 Å². The number of hydrogen-bond acceptors (Lipinski definition) is 4.